The van der Waals surface area contributed by atoms with Gasteiger partial charge in [0.2, 0.25) is 0 Å². The van der Waals surface area contributed by atoms with Crippen LogP contribution < -0.4 is 5.32 Å². The van der Waals surface area contributed by atoms with Gasteiger partial charge in [-0.2, -0.15) is 5.10 Å². The summed E-state index contributed by atoms with van der Waals surface area (Å²) < 4.78 is 1.79. The van der Waals surface area contributed by atoms with E-state index in [0.717, 1.165) is 36.6 Å². The fraction of sp³-hybridized carbons (Fsp3) is 0.417. The fourth-order valence-electron chi connectivity index (χ4n) is 1.79. The highest BCUT2D eigenvalue weighted by molar-refractivity contribution is 5.51. The van der Waals surface area contributed by atoms with Crippen LogP contribution in [-0.2, 0) is 6.42 Å². The Hall–Kier alpha value is -1.91. The van der Waals surface area contributed by atoms with E-state index in [2.05, 4.69) is 34.2 Å². The van der Waals surface area contributed by atoms with Crippen LogP contribution in [0.3, 0.4) is 0 Å². The van der Waals surface area contributed by atoms with Gasteiger partial charge >= 0.3 is 0 Å². The summed E-state index contributed by atoms with van der Waals surface area (Å²) in [4.78, 5) is 8.63. The van der Waals surface area contributed by atoms with Crippen LogP contribution in [0.15, 0.2) is 24.8 Å². The summed E-state index contributed by atoms with van der Waals surface area (Å²) in [6.45, 7) is 5.06. The third-order valence-electron chi connectivity index (χ3n) is 2.49. The van der Waals surface area contributed by atoms with Crippen LogP contribution in [0.4, 0.5) is 5.82 Å². The minimum absolute atomic E-state index is 0.853. The fourth-order valence-corrected chi connectivity index (χ4v) is 1.79. The molecule has 0 saturated carbocycles. The van der Waals surface area contributed by atoms with Crippen molar-refractivity contribution in [2.75, 3.05) is 11.9 Å². The highest BCUT2D eigenvalue weighted by atomic mass is 15.3. The number of rotatable bonds is 5. The molecule has 2 rings (SSSR count). The molecule has 2 aromatic heterocycles. The molecule has 5 nitrogen and oxygen atoms in total. The Labute approximate surface area is 101 Å². The highest BCUT2D eigenvalue weighted by Gasteiger charge is 2.11. The number of nitrogens with one attached hydrogen (secondary N) is 1. The predicted octanol–water partition coefficient (Wildman–Crippen LogP) is 2.05. The van der Waals surface area contributed by atoms with E-state index in [1.807, 2.05) is 12.3 Å². The lowest BCUT2D eigenvalue weighted by Crippen LogP contribution is -2.10. The van der Waals surface area contributed by atoms with Gasteiger partial charge in [-0.1, -0.05) is 13.3 Å². The Balaban J connectivity index is 2.46. The van der Waals surface area contributed by atoms with Gasteiger partial charge in [0, 0.05) is 24.5 Å². The zero-order valence-electron chi connectivity index (χ0n) is 10.2. The molecule has 0 atom stereocenters. The van der Waals surface area contributed by atoms with Crippen LogP contribution in [0.2, 0.25) is 0 Å². The molecule has 0 unspecified atom stereocenters. The first-order valence-corrected chi connectivity index (χ1v) is 5.94. The normalized spacial score (nSPS) is 10.5. The lowest BCUT2D eigenvalue weighted by Gasteiger charge is -2.12. The quantitative estimate of drug-likeness (QED) is 0.855. The largest absolute Gasteiger partial charge is 0.370 e. The van der Waals surface area contributed by atoms with E-state index in [1.165, 1.54) is 0 Å². The lowest BCUT2D eigenvalue weighted by molar-refractivity contribution is 0.799. The molecule has 90 valence electrons. The minimum Gasteiger partial charge on any atom is -0.370 e. The Kier molecular flexibility index (Phi) is 3.69. The molecular formula is C12H17N5. The molecule has 0 fully saturated rings. The van der Waals surface area contributed by atoms with Crippen molar-refractivity contribution in [2.24, 2.45) is 0 Å². The lowest BCUT2D eigenvalue weighted by atomic mass is 10.1. The summed E-state index contributed by atoms with van der Waals surface area (Å²) in [6, 6.07) is 1.89. The number of hydrogen-bond acceptors (Lipinski definition) is 4. The highest BCUT2D eigenvalue weighted by Crippen LogP contribution is 2.19. The van der Waals surface area contributed by atoms with Gasteiger partial charge in [0.05, 0.1) is 0 Å². The third-order valence-corrected chi connectivity index (χ3v) is 2.49. The van der Waals surface area contributed by atoms with Gasteiger partial charge in [0.1, 0.15) is 12.1 Å². The molecule has 0 bridgehead atoms. The molecule has 0 aliphatic heterocycles. The van der Waals surface area contributed by atoms with Gasteiger partial charge in [-0.3, -0.25) is 0 Å². The first-order valence-electron chi connectivity index (χ1n) is 5.94. The summed E-state index contributed by atoms with van der Waals surface area (Å²) in [5, 5.41) is 7.50. The first-order chi connectivity index (χ1) is 8.36. The van der Waals surface area contributed by atoms with E-state index in [4.69, 9.17) is 0 Å². The van der Waals surface area contributed by atoms with Gasteiger partial charge in [0.15, 0.2) is 5.82 Å². The Morgan fingerprint density at radius 3 is 2.82 bits per heavy atom. The second-order valence-corrected chi connectivity index (χ2v) is 3.76. The molecular weight excluding hydrogens is 214 g/mol. The van der Waals surface area contributed by atoms with Gasteiger partial charge in [-0.25, -0.2) is 14.6 Å². The van der Waals surface area contributed by atoms with Crippen LogP contribution in [-0.4, -0.2) is 26.3 Å². The summed E-state index contributed by atoms with van der Waals surface area (Å²) >= 11 is 0. The summed E-state index contributed by atoms with van der Waals surface area (Å²) in [5.41, 5.74) is 1.13. The van der Waals surface area contributed by atoms with E-state index in [0.29, 0.717) is 0 Å². The molecule has 5 heteroatoms. The summed E-state index contributed by atoms with van der Waals surface area (Å²) in [5.74, 6) is 1.78. The zero-order chi connectivity index (χ0) is 12.1. The van der Waals surface area contributed by atoms with E-state index < -0.39 is 0 Å². The number of hydrogen-bond donors (Lipinski definition) is 1. The van der Waals surface area contributed by atoms with Crippen LogP contribution in [0.1, 0.15) is 25.8 Å². The van der Waals surface area contributed by atoms with Crippen LogP contribution >= 0.6 is 0 Å². The standard InChI is InChI=1S/C12H17N5/c1-3-6-10-11(13-4-2)14-9-15-12(10)17-8-5-7-16-17/h5,7-9H,3-4,6H2,1-2H3,(H,13,14,15). The molecule has 1 N–H and O–H groups in total. The van der Waals surface area contributed by atoms with Crippen molar-refractivity contribution in [1.82, 2.24) is 19.7 Å². The molecule has 0 saturated heterocycles. The summed E-state index contributed by atoms with van der Waals surface area (Å²) in [7, 11) is 0. The SMILES string of the molecule is CCCc1c(NCC)ncnc1-n1cccn1. The molecule has 0 amide bonds. The van der Waals surface area contributed by atoms with Crippen molar-refractivity contribution < 1.29 is 0 Å². The van der Waals surface area contributed by atoms with E-state index in [-0.39, 0.29) is 0 Å². The molecule has 0 radical (unpaired) electrons. The number of aromatic nitrogens is 4. The molecule has 0 spiro atoms. The van der Waals surface area contributed by atoms with Crippen LogP contribution in [0.25, 0.3) is 5.82 Å². The average molecular weight is 231 g/mol. The van der Waals surface area contributed by atoms with Gasteiger partial charge in [-0.15, -0.1) is 0 Å². The van der Waals surface area contributed by atoms with Crippen molar-refractivity contribution in [3.63, 3.8) is 0 Å². The smallest absolute Gasteiger partial charge is 0.161 e. The average Bonchev–Trinajstić information content (AvgIpc) is 2.85. The van der Waals surface area contributed by atoms with E-state index >= 15 is 0 Å². The number of anilines is 1. The zero-order valence-corrected chi connectivity index (χ0v) is 10.2. The Morgan fingerprint density at radius 2 is 2.18 bits per heavy atom. The van der Waals surface area contributed by atoms with E-state index in [1.54, 1.807) is 17.2 Å². The Bertz CT molecular complexity index is 464. The van der Waals surface area contributed by atoms with Gasteiger partial charge < -0.3 is 5.32 Å². The van der Waals surface area contributed by atoms with Crippen LogP contribution in [0.5, 0.6) is 0 Å². The van der Waals surface area contributed by atoms with E-state index in [9.17, 15) is 0 Å². The second kappa shape index (κ2) is 5.43. The maximum atomic E-state index is 4.33. The van der Waals surface area contributed by atoms with Crippen molar-refractivity contribution in [2.45, 2.75) is 26.7 Å². The maximum absolute atomic E-state index is 4.33. The molecule has 0 aliphatic rings. The predicted molar refractivity (Wildman–Crippen MR) is 67.3 cm³/mol. The second-order valence-electron chi connectivity index (χ2n) is 3.76. The van der Waals surface area contributed by atoms with Gasteiger partial charge in [0.25, 0.3) is 0 Å². The monoisotopic (exact) mass is 231 g/mol. The third kappa shape index (κ3) is 2.43. The van der Waals surface area contributed by atoms with Crippen molar-refractivity contribution in [3.05, 3.63) is 30.4 Å². The summed E-state index contributed by atoms with van der Waals surface area (Å²) in [6.07, 6.45) is 7.23. The topological polar surface area (TPSA) is 55.6 Å². The Morgan fingerprint density at radius 1 is 1.29 bits per heavy atom. The number of nitrogens with zero attached hydrogens (tertiary/aromatic N) is 4. The molecule has 2 aromatic rings. The van der Waals surface area contributed by atoms with Crippen LogP contribution in [0, 0.1) is 0 Å². The van der Waals surface area contributed by atoms with Gasteiger partial charge in [-0.05, 0) is 19.4 Å². The molecule has 17 heavy (non-hydrogen) atoms. The van der Waals surface area contributed by atoms with Crippen molar-refractivity contribution in [3.8, 4) is 5.82 Å². The van der Waals surface area contributed by atoms with Crippen molar-refractivity contribution >= 4 is 5.82 Å². The molecule has 0 aliphatic carbocycles. The molecule has 2 heterocycles. The van der Waals surface area contributed by atoms with Crippen molar-refractivity contribution in [1.29, 1.82) is 0 Å². The maximum Gasteiger partial charge on any atom is 0.161 e. The molecule has 0 aromatic carbocycles. The first kappa shape index (κ1) is 11.6. The minimum atomic E-state index is 0.853.